The Bertz CT molecular complexity index is 707. The Morgan fingerprint density at radius 1 is 1.48 bits per heavy atom. The number of hydrogen-bond acceptors (Lipinski definition) is 5. The number of methoxy groups -OCH3 is 2. The van der Waals surface area contributed by atoms with E-state index < -0.39 is 22.5 Å². The van der Waals surface area contributed by atoms with E-state index in [1.54, 1.807) is 6.08 Å². The molecule has 2 fully saturated rings. The zero-order chi connectivity index (χ0) is 17.9. The molecule has 1 heterocycles. The zero-order valence-corrected chi connectivity index (χ0v) is 14.7. The Labute approximate surface area is 147 Å². The Morgan fingerprint density at radius 2 is 2.28 bits per heavy atom. The summed E-state index contributed by atoms with van der Waals surface area (Å²) in [6.07, 6.45) is 11.0. The molecule has 3 aliphatic carbocycles. The second-order valence-corrected chi connectivity index (χ2v) is 7.50. The fraction of sp³-hybridized carbons (Fsp3) is 0.600. The molecule has 4 aliphatic rings. The number of hydrogen-bond donors (Lipinski definition) is 0. The predicted octanol–water partition coefficient (Wildman–Crippen LogP) is 2.72. The molecule has 0 radical (unpaired) electrons. The summed E-state index contributed by atoms with van der Waals surface area (Å²) in [6, 6.07) is 0. The van der Waals surface area contributed by atoms with Gasteiger partial charge in [0.25, 0.3) is 0 Å². The summed E-state index contributed by atoms with van der Waals surface area (Å²) in [7, 11) is 2.89. The molecule has 0 aromatic heterocycles. The Hall–Kier alpha value is -1.72. The van der Waals surface area contributed by atoms with E-state index in [0.717, 1.165) is 19.3 Å². The van der Waals surface area contributed by atoms with E-state index in [1.165, 1.54) is 25.9 Å². The van der Waals surface area contributed by atoms with Crippen LogP contribution in [0.5, 0.6) is 0 Å². The lowest BCUT2D eigenvalue weighted by Gasteiger charge is -2.54. The second-order valence-electron chi connectivity index (χ2n) is 7.50. The molecular weight excluding hydrogens is 320 g/mol. The summed E-state index contributed by atoms with van der Waals surface area (Å²) in [5.41, 5.74) is -0.115. The summed E-state index contributed by atoms with van der Waals surface area (Å²) in [4.78, 5) is 25.8. The van der Waals surface area contributed by atoms with Gasteiger partial charge in [0.15, 0.2) is 0 Å². The minimum Gasteiger partial charge on any atom is -0.468 e. The SMILES string of the molecule is C=CC[C@@]12C3=CC[C@@]4(C(=O)OC)C=CC(=O)[C@@](OC)(O[C@H]1CCC3)[C@@H]24. The lowest BCUT2D eigenvalue weighted by atomic mass is 9.47. The van der Waals surface area contributed by atoms with Crippen LogP contribution in [-0.2, 0) is 23.8 Å². The van der Waals surface area contributed by atoms with Crippen molar-refractivity contribution in [1.29, 1.82) is 0 Å². The van der Waals surface area contributed by atoms with Gasteiger partial charge in [-0.15, -0.1) is 6.58 Å². The lowest BCUT2D eigenvalue weighted by molar-refractivity contribution is -0.234. The van der Waals surface area contributed by atoms with E-state index in [1.807, 2.05) is 6.08 Å². The number of carbonyl (C=O) groups excluding carboxylic acids is 2. The number of ketones is 1. The molecule has 5 heteroatoms. The summed E-state index contributed by atoms with van der Waals surface area (Å²) in [5, 5.41) is 0. The van der Waals surface area contributed by atoms with Crippen LogP contribution < -0.4 is 0 Å². The molecule has 1 aliphatic heterocycles. The van der Waals surface area contributed by atoms with Gasteiger partial charge in [-0.05, 0) is 38.2 Å². The van der Waals surface area contributed by atoms with Gasteiger partial charge < -0.3 is 14.2 Å². The first kappa shape index (κ1) is 16.7. The second kappa shape index (κ2) is 5.39. The van der Waals surface area contributed by atoms with Crippen molar-refractivity contribution < 1.29 is 23.8 Å². The maximum absolute atomic E-state index is 12.9. The molecule has 25 heavy (non-hydrogen) atoms. The zero-order valence-electron chi connectivity index (χ0n) is 14.7. The standard InChI is InChI=1S/C20H24O5/c1-4-10-19-13-6-5-7-15(19)25-20(24-3)14(21)9-12-18(11-8-13,16(19)20)17(22)23-2/h4,8-9,12,15-16H,1,5-7,10-11H2,2-3H3/t15-,16+,18+,19+,20+/m0/s1. The highest BCUT2D eigenvalue weighted by Crippen LogP contribution is 2.70. The molecule has 4 rings (SSSR count). The first-order valence-electron chi connectivity index (χ1n) is 8.87. The highest BCUT2D eigenvalue weighted by atomic mass is 16.7. The first-order valence-corrected chi connectivity index (χ1v) is 8.87. The lowest BCUT2D eigenvalue weighted by Crippen LogP contribution is -2.62. The molecule has 5 atom stereocenters. The van der Waals surface area contributed by atoms with Gasteiger partial charge in [0.1, 0.15) is 0 Å². The quantitative estimate of drug-likeness (QED) is 0.580. The highest BCUT2D eigenvalue weighted by Gasteiger charge is 2.76. The van der Waals surface area contributed by atoms with Crippen LogP contribution in [-0.4, -0.2) is 37.9 Å². The van der Waals surface area contributed by atoms with Crippen molar-refractivity contribution in [2.75, 3.05) is 14.2 Å². The third-order valence-electron chi connectivity index (χ3n) is 6.73. The van der Waals surface area contributed by atoms with Gasteiger partial charge in [0.05, 0.1) is 24.5 Å². The average molecular weight is 344 g/mol. The van der Waals surface area contributed by atoms with Crippen molar-refractivity contribution >= 4 is 11.8 Å². The van der Waals surface area contributed by atoms with E-state index in [2.05, 4.69) is 12.7 Å². The molecule has 0 bridgehead atoms. The van der Waals surface area contributed by atoms with Gasteiger partial charge in [-0.2, -0.15) is 0 Å². The highest BCUT2D eigenvalue weighted by molar-refractivity contribution is 6.01. The van der Waals surface area contributed by atoms with E-state index >= 15 is 0 Å². The van der Waals surface area contributed by atoms with E-state index in [0.29, 0.717) is 12.8 Å². The van der Waals surface area contributed by atoms with E-state index in [4.69, 9.17) is 14.2 Å². The molecule has 0 aromatic rings. The Morgan fingerprint density at radius 3 is 2.96 bits per heavy atom. The van der Waals surface area contributed by atoms with Crippen LogP contribution in [0.25, 0.3) is 0 Å². The topological polar surface area (TPSA) is 61.8 Å². The van der Waals surface area contributed by atoms with Crippen LogP contribution in [0, 0.1) is 16.7 Å². The summed E-state index contributed by atoms with van der Waals surface area (Å²) in [6.45, 7) is 3.94. The molecule has 5 nitrogen and oxygen atoms in total. The largest absolute Gasteiger partial charge is 0.468 e. The van der Waals surface area contributed by atoms with Crippen LogP contribution in [0.1, 0.15) is 32.1 Å². The Kier molecular flexibility index (Phi) is 3.61. The third-order valence-corrected chi connectivity index (χ3v) is 6.73. The van der Waals surface area contributed by atoms with Gasteiger partial charge in [-0.1, -0.05) is 23.8 Å². The normalized spacial score (nSPS) is 44.1. The van der Waals surface area contributed by atoms with Crippen LogP contribution in [0.2, 0.25) is 0 Å². The van der Waals surface area contributed by atoms with Crippen LogP contribution in [0.4, 0.5) is 0 Å². The van der Waals surface area contributed by atoms with Gasteiger partial charge in [-0.25, -0.2) is 0 Å². The first-order chi connectivity index (χ1) is 12.0. The van der Waals surface area contributed by atoms with E-state index in [-0.39, 0.29) is 17.9 Å². The van der Waals surface area contributed by atoms with Gasteiger partial charge in [-0.3, -0.25) is 9.59 Å². The fourth-order valence-corrected chi connectivity index (χ4v) is 5.88. The molecule has 0 spiro atoms. The Balaban J connectivity index is 2.04. The molecule has 1 saturated heterocycles. The maximum atomic E-state index is 12.9. The number of carbonyl (C=O) groups is 2. The molecule has 0 N–H and O–H groups in total. The molecule has 0 amide bonds. The van der Waals surface area contributed by atoms with E-state index in [9.17, 15) is 9.59 Å². The summed E-state index contributed by atoms with van der Waals surface area (Å²) < 4.78 is 17.3. The molecule has 0 unspecified atom stereocenters. The van der Waals surface area contributed by atoms with Gasteiger partial charge in [0.2, 0.25) is 11.6 Å². The average Bonchev–Trinajstić information content (AvgIpc) is 2.94. The van der Waals surface area contributed by atoms with Crippen LogP contribution in [0.3, 0.4) is 0 Å². The van der Waals surface area contributed by atoms with Gasteiger partial charge in [0, 0.05) is 12.5 Å². The van der Waals surface area contributed by atoms with Crippen molar-refractivity contribution in [3.05, 3.63) is 36.5 Å². The van der Waals surface area contributed by atoms with Crippen molar-refractivity contribution in [2.24, 2.45) is 16.7 Å². The molecular formula is C20H24O5. The molecule has 1 saturated carbocycles. The number of esters is 1. The third kappa shape index (κ3) is 1.75. The van der Waals surface area contributed by atoms with Crippen molar-refractivity contribution in [2.45, 2.75) is 44.0 Å². The molecule has 134 valence electrons. The number of ether oxygens (including phenoxy) is 3. The van der Waals surface area contributed by atoms with Crippen LogP contribution >= 0.6 is 0 Å². The van der Waals surface area contributed by atoms with Crippen molar-refractivity contribution in [3.63, 3.8) is 0 Å². The van der Waals surface area contributed by atoms with Gasteiger partial charge >= 0.3 is 5.97 Å². The fourth-order valence-electron chi connectivity index (χ4n) is 5.88. The van der Waals surface area contributed by atoms with Crippen molar-refractivity contribution in [1.82, 2.24) is 0 Å². The van der Waals surface area contributed by atoms with Crippen LogP contribution in [0.15, 0.2) is 36.5 Å². The maximum Gasteiger partial charge on any atom is 0.316 e. The molecule has 0 aromatic carbocycles. The smallest absolute Gasteiger partial charge is 0.316 e. The summed E-state index contributed by atoms with van der Waals surface area (Å²) in [5.74, 6) is -2.43. The predicted molar refractivity (Wildman–Crippen MR) is 90.5 cm³/mol. The monoisotopic (exact) mass is 344 g/mol. The minimum atomic E-state index is -1.43. The minimum absolute atomic E-state index is 0.163. The number of allylic oxidation sites excluding steroid dienone is 2. The van der Waals surface area contributed by atoms with Crippen molar-refractivity contribution in [3.8, 4) is 0 Å². The number of rotatable bonds is 4. The summed E-state index contributed by atoms with van der Waals surface area (Å²) >= 11 is 0.